The Morgan fingerprint density at radius 1 is 1.38 bits per heavy atom. The molecular weight excluding hydrogens is 268 g/mol. The predicted octanol–water partition coefficient (Wildman–Crippen LogP) is 0.902. The number of benzene rings is 1. The summed E-state index contributed by atoms with van der Waals surface area (Å²) in [6.07, 6.45) is 1.66. The second kappa shape index (κ2) is 5.45. The van der Waals surface area contributed by atoms with Crippen molar-refractivity contribution in [1.29, 1.82) is 0 Å². The van der Waals surface area contributed by atoms with Crippen LogP contribution in [0.1, 0.15) is 24.6 Å². The van der Waals surface area contributed by atoms with Gasteiger partial charge < -0.3 is 14.9 Å². The normalized spacial score (nSPS) is 12.7. The molecule has 0 saturated carbocycles. The maximum atomic E-state index is 12.0. The summed E-state index contributed by atoms with van der Waals surface area (Å²) < 4.78 is 1.86. The number of fused-ring (bicyclic) bond motifs is 1. The van der Waals surface area contributed by atoms with Crippen molar-refractivity contribution in [2.75, 3.05) is 0 Å². The van der Waals surface area contributed by atoms with Crippen LogP contribution in [-0.2, 0) is 13.6 Å². The summed E-state index contributed by atoms with van der Waals surface area (Å²) in [6, 6.07) is 7.30. The van der Waals surface area contributed by atoms with Crippen molar-refractivity contribution in [3.05, 3.63) is 52.6 Å². The van der Waals surface area contributed by atoms with Crippen LogP contribution in [0.5, 0.6) is 0 Å². The number of nitrogens with one attached hydrogen (secondary N) is 2. The molecule has 0 fully saturated rings. The van der Waals surface area contributed by atoms with Crippen molar-refractivity contribution in [3.8, 4) is 0 Å². The molecule has 0 aliphatic heterocycles. The molecule has 1 atom stereocenters. The molecule has 7 heteroatoms. The molecule has 21 heavy (non-hydrogen) atoms. The van der Waals surface area contributed by atoms with Crippen molar-refractivity contribution < 1.29 is 0 Å². The average molecular weight is 284 g/mol. The lowest BCUT2D eigenvalue weighted by Crippen LogP contribution is -2.24. The molecule has 0 aliphatic carbocycles. The van der Waals surface area contributed by atoms with Gasteiger partial charge in [0.2, 0.25) is 0 Å². The van der Waals surface area contributed by atoms with E-state index in [2.05, 4.69) is 25.5 Å². The minimum Gasteiger partial charge on any atom is -0.319 e. The van der Waals surface area contributed by atoms with Crippen molar-refractivity contribution in [1.82, 2.24) is 30.0 Å². The number of para-hydroxylation sites is 1. The van der Waals surface area contributed by atoms with Crippen LogP contribution in [-0.4, -0.2) is 24.7 Å². The van der Waals surface area contributed by atoms with E-state index in [9.17, 15) is 4.79 Å². The van der Waals surface area contributed by atoms with E-state index < -0.39 is 0 Å². The first-order valence-electron chi connectivity index (χ1n) is 6.70. The summed E-state index contributed by atoms with van der Waals surface area (Å²) in [5, 5.41) is 11.8. The minimum atomic E-state index is -0.122. The zero-order valence-corrected chi connectivity index (χ0v) is 11.9. The molecule has 0 saturated heterocycles. The molecule has 7 nitrogen and oxygen atoms in total. The van der Waals surface area contributed by atoms with Crippen LogP contribution in [0.2, 0.25) is 0 Å². The second-order valence-electron chi connectivity index (χ2n) is 4.93. The molecule has 2 heterocycles. The maximum absolute atomic E-state index is 12.0. The fourth-order valence-corrected chi connectivity index (χ4v) is 2.24. The SMILES string of the molecule is CC(NCc1nc2ccccc2c(=O)[nH]1)c1nncn1C. The van der Waals surface area contributed by atoms with Crippen LogP contribution in [0.15, 0.2) is 35.4 Å². The first kappa shape index (κ1) is 13.4. The number of hydrogen-bond donors (Lipinski definition) is 2. The number of aromatic amines is 1. The molecule has 3 rings (SSSR count). The van der Waals surface area contributed by atoms with Gasteiger partial charge in [0, 0.05) is 7.05 Å². The summed E-state index contributed by atoms with van der Waals surface area (Å²) in [4.78, 5) is 19.2. The molecule has 1 unspecified atom stereocenters. The van der Waals surface area contributed by atoms with E-state index in [1.54, 1.807) is 12.4 Å². The first-order valence-corrected chi connectivity index (χ1v) is 6.70. The molecule has 3 aromatic rings. The third-order valence-electron chi connectivity index (χ3n) is 3.37. The highest BCUT2D eigenvalue weighted by molar-refractivity contribution is 5.77. The third-order valence-corrected chi connectivity index (χ3v) is 3.37. The Morgan fingerprint density at radius 3 is 2.95 bits per heavy atom. The van der Waals surface area contributed by atoms with Gasteiger partial charge in [0.25, 0.3) is 5.56 Å². The summed E-state index contributed by atoms with van der Waals surface area (Å²) in [7, 11) is 1.89. The number of aromatic nitrogens is 5. The molecule has 0 radical (unpaired) electrons. The van der Waals surface area contributed by atoms with Gasteiger partial charge in [-0.15, -0.1) is 10.2 Å². The lowest BCUT2D eigenvalue weighted by molar-refractivity contribution is 0.518. The standard InChI is InChI=1S/C14H16N6O/c1-9(13-19-16-8-20(13)2)15-7-12-17-11-6-4-3-5-10(11)14(21)18-12/h3-6,8-9,15H,7H2,1-2H3,(H,17,18,21). The lowest BCUT2D eigenvalue weighted by atomic mass is 10.2. The third kappa shape index (κ3) is 2.68. The van der Waals surface area contributed by atoms with Crippen LogP contribution in [0.3, 0.4) is 0 Å². The molecule has 2 aromatic heterocycles. The van der Waals surface area contributed by atoms with Gasteiger partial charge in [-0.3, -0.25) is 4.79 Å². The number of hydrogen-bond acceptors (Lipinski definition) is 5. The Labute approximate surface area is 121 Å². The predicted molar refractivity (Wildman–Crippen MR) is 78.6 cm³/mol. The molecule has 2 N–H and O–H groups in total. The summed E-state index contributed by atoms with van der Waals surface area (Å²) in [5.74, 6) is 1.44. The largest absolute Gasteiger partial charge is 0.319 e. The summed E-state index contributed by atoms with van der Waals surface area (Å²) in [6.45, 7) is 2.44. The Bertz CT molecular complexity index is 821. The maximum Gasteiger partial charge on any atom is 0.258 e. The van der Waals surface area contributed by atoms with E-state index in [4.69, 9.17) is 0 Å². The van der Waals surface area contributed by atoms with E-state index in [0.717, 1.165) is 5.82 Å². The lowest BCUT2D eigenvalue weighted by Gasteiger charge is -2.12. The first-order chi connectivity index (χ1) is 10.1. The van der Waals surface area contributed by atoms with Gasteiger partial charge in [-0.05, 0) is 19.1 Å². The molecule has 108 valence electrons. The molecule has 0 bridgehead atoms. The molecule has 1 aromatic carbocycles. The van der Waals surface area contributed by atoms with Gasteiger partial charge >= 0.3 is 0 Å². The average Bonchev–Trinajstić information content (AvgIpc) is 2.91. The highest BCUT2D eigenvalue weighted by atomic mass is 16.1. The van der Waals surface area contributed by atoms with E-state index in [-0.39, 0.29) is 11.6 Å². The van der Waals surface area contributed by atoms with Gasteiger partial charge in [0.15, 0.2) is 0 Å². The monoisotopic (exact) mass is 284 g/mol. The highest BCUT2D eigenvalue weighted by Crippen LogP contribution is 2.09. The van der Waals surface area contributed by atoms with Crippen molar-refractivity contribution >= 4 is 10.9 Å². The van der Waals surface area contributed by atoms with E-state index >= 15 is 0 Å². The van der Waals surface area contributed by atoms with Gasteiger partial charge in [-0.1, -0.05) is 12.1 Å². The molecule has 0 spiro atoms. The Morgan fingerprint density at radius 2 is 2.19 bits per heavy atom. The number of nitrogens with zero attached hydrogens (tertiary/aromatic N) is 4. The number of H-pyrrole nitrogens is 1. The van der Waals surface area contributed by atoms with Crippen molar-refractivity contribution in [3.63, 3.8) is 0 Å². The molecular formula is C14H16N6O. The van der Waals surface area contributed by atoms with Crippen LogP contribution in [0.4, 0.5) is 0 Å². The van der Waals surface area contributed by atoms with Crippen LogP contribution < -0.4 is 10.9 Å². The molecule has 0 amide bonds. The zero-order chi connectivity index (χ0) is 14.8. The minimum absolute atomic E-state index is 0.00859. The van der Waals surface area contributed by atoms with E-state index in [1.807, 2.05) is 36.7 Å². The van der Waals surface area contributed by atoms with Gasteiger partial charge in [-0.2, -0.15) is 0 Å². The highest BCUT2D eigenvalue weighted by Gasteiger charge is 2.11. The number of rotatable bonds is 4. The smallest absolute Gasteiger partial charge is 0.258 e. The Kier molecular flexibility index (Phi) is 3.49. The van der Waals surface area contributed by atoms with Crippen LogP contribution in [0.25, 0.3) is 10.9 Å². The quantitative estimate of drug-likeness (QED) is 0.743. The van der Waals surface area contributed by atoms with Gasteiger partial charge in [0.05, 0.1) is 23.5 Å². The Hall–Kier alpha value is -2.54. The zero-order valence-electron chi connectivity index (χ0n) is 11.9. The van der Waals surface area contributed by atoms with Crippen molar-refractivity contribution in [2.45, 2.75) is 19.5 Å². The van der Waals surface area contributed by atoms with Crippen molar-refractivity contribution in [2.24, 2.45) is 7.05 Å². The summed E-state index contributed by atoms with van der Waals surface area (Å²) >= 11 is 0. The second-order valence-corrected chi connectivity index (χ2v) is 4.93. The topological polar surface area (TPSA) is 88.5 Å². The van der Waals surface area contributed by atoms with Gasteiger partial charge in [0.1, 0.15) is 18.0 Å². The van der Waals surface area contributed by atoms with E-state index in [0.29, 0.717) is 23.3 Å². The van der Waals surface area contributed by atoms with Crippen LogP contribution >= 0.6 is 0 Å². The molecule has 0 aliphatic rings. The Balaban J connectivity index is 1.79. The van der Waals surface area contributed by atoms with Crippen LogP contribution in [0, 0.1) is 0 Å². The van der Waals surface area contributed by atoms with E-state index in [1.165, 1.54) is 0 Å². The fraction of sp³-hybridized carbons (Fsp3) is 0.286. The number of aryl methyl sites for hydroxylation is 1. The fourth-order valence-electron chi connectivity index (χ4n) is 2.24. The van der Waals surface area contributed by atoms with Gasteiger partial charge in [-0.25, -0.2) is 4.98 Å². The summed E-state index contributed by atoms with van der Waals surface area (Å²) in [5.41, 5.74) is 0.577.